The largest absolute Gasteiger partial charge is 0.446 e. The van der Waals surface area contributed by atoms with Gasteiger partial charge in [-0.1, -0.05) is 6.07 Å². The molecule has 0 amide bonds. The number of rotatable bonds is 3. The fraction of sp³-hybridized carbons (Fsp3) is 0.300. The van der Waals surface area contributed by atoms with E-state index in [2.05, 4.69) is 0 Å². The fourth-order valence-corrected chi connectivity index (χ4v) is 1.95. The molecule has 0 saturated heterocycles. The number of hydrogen-bond acceptors (Lipinski definition) is 3. The molecule has 0 aliphatic rings. The van der Waals surface area contributed by atoms with Gasteiger partial charge in [0.05, 0.1) is 0 Å². The zero-order chi connectivity index (χ0) is 12.3. The smallest absolute Gasteiger partial charge is 0.398 e. The van der Waals surface area contributed by atoms with Crippen molar-refractivity contribution in [3.8, 4) is 0 Å². The van der Waals surface area contributed by atoms with Crippen LogP contribution in [0.3, 0.4) is 0 Å². The van der Waals surface area contributed by atoms with E-state index in [1.54, 1.807) is 0 Å². The van der Waals surface area contributed by atoms with Gasteiger partial charge in [-0.05, 0) is 36.4 Å². The predicted molar refractivity (Wildman–Crippen MR) is 57.2 cm³/mol. The van der Waals surface area contributed by atoms with Crippen LogP contribution in [-0.2, 0) is 11.2 Å². The average molecular weight is 249 g/mol. The minimum absolute atomic E-state index is 0.0114. The van der Waals surface area contributed by atoms with E-state index in [9.17, 15) is 18.0 Å². The Labute approximate surface area is 95.0 Å². The normalized spacial score (nSPS) is 11.5. The number of nitrogens with two attached hydrogens (primary N) is 1. The van der Waals surface area contributed by atoms with Crippen molar-refractivity contribution in [1.82, 2.24) is 0 Å². The van der Waals surface area contributed by atoms with Gasteiger partial charge < -0.3 is 5.73 Å². The fourth-order valence-electron chi connectivity index (χ4n) is 1.24. The van der Waals surface area contributed by atoms with Crippen LogP contribution in [0.25, 0.3) is 0 Å². The van der Waals surface area contributed by atoms with Gasteiger partial charge in [-0.25, -0.2) is 0 Å². The van der Waals surface area contributed by atoms with Crippen molar-refractivity contribution in [3.63, 3.8) is 0 Å². The van der Waals surface area contributed by atoms with Gasteiger partial charge >= 0.3 is 5.51 Å². The third kappa shape index (κ3) is 3.77. The van der Waals surface area contributed by atoms with Crippen LogP contribution in [0.5, 0.6) is 0 Å². The molecular formula is C10H10F3NOS. The summed E-state index contributed by atoms with van der Waals surface area (Å²) in [6, 6.07) is 4.23. The zero-order valence-corrected chi connectivity index (χ0v) is 9.28. The summed E-state index contributed by atoms with van der Waals surface area (Å²) in [4.78, 5) is 10.9. The van der Waals surface area contributed by atoms with Crippen molar-refractivity contribution < 1.29 is 18.0 Å². The lowest BCUT2D eigenvalue weighted by Crippen LogP contribution is -2.06. The van der Waals surface area contributed by atoms with E-state index >= 15 is 0 Å². The van der Waals surface area contributed by atoms with Gasteiger partial charge in [0.2, 0.25) is 0 Å². The first-order chi connectivity index (χ1) is 7.29. The number of carbonyl (C=O) groups excluding carboxylic acids is 1. The van der Waals surface area contributed by atoms with Gasteiger partial charge in [-0.15, -0.1) is 0 Å². The first kappa shape index (κ1) is 12.9. The van der Waals surface area contributed by atoms with Gasteiger partial charge in [0.25, 0.3) is 0 Å². The SMILES string of the molecule is CC(=O)Cc1c(N)cccc1SC(F)(F)F. The zero-order valence-electron chi connectivity index (χ0n) is 8.47. The number of nitrogen functional groups attached to an aromatic ring is 1. The van der Waals surface area contributed by atoms with E-state index in [4.69, 9.17) is 5.73 Å². The van der Waals surface area contributed by atoms with Crippen LogP contribution in [0.1, 0.15) is 12.5 Å². The Morgan fingerprint density at radius 1 is 1.44 bits per heavy atom. The summed E-state index contributed by atoms with van der Waals surface area (Å²) in [6.07, 6.45) is -0.0783. The van der Waals surface area contributed by atoms with Crippen LogP contribution in [0.15, 0.2) is 23.1 Å². The highest BCUT2D eigenvalue weighted by Gasteiger charge is 2.30. The van der Waals surface area contributed by atoms with Gasteiger partial charge in [0, 0.05) is 17.0 Å². The predicted octanol–water partition coefficient (Wildman–Crippen LogP) is 3.01. The number of Topliss-reactive ketones (excluding diaryl/α,β-unsaturated/α-hetero) is 1. The van der Waals surface area contributed by atoms with E-state index in [1.807, 2.05) is 0 Å². The number of halogens is 3. The van der Waals surface area contributed by atoms with Crippen molar-refractivity contribution in [1.29, 1.82) is 0 Å². The third-order valence-electron chi connectivity index (χ3n) is 1.82. The molecule has 16 heavy (non-hydrogen) atoms. The quantitative estimate of drug-likeness (QED) is 0.661. The molecule has 1 aromatic carbocycles. The Morgan fingerprint density at radius 2 is 2.06 bits per heavy atom. The van der Waals surface area contributed by atoms with E-state index < -0.39 is 5.51 Å². The second kappa shape index (κ2) is 4.78. The van der Waals surface area contributed by atoms with Crippen LogP contribution in [-0.4, -0.2) is 11.3 Å². The summed E-state index contributed by atoms with van der Waals surface area (Å²) in [6.45, 7) is 1.31. The summed E-state index contributed by atoms with van der Waals surface area (Å²) in [5, 5.41) is 0. The highest BCUT2D eigenvalue weighted by atomic mass is 32.2. The second-order valence-electron chi connectivity index (χ2n) is 3.25. The maximum atomic E-state index is 12.2. The summed E-state index contributed by atoms with van der Waals surface area (Å²) >= 11 is -0.249. The van der Waals surface area contributed by atoms with Crippen LogP contribution >= 0.6 is 11.8 Å². The Kier molecular flexibility index (Phi) is 3.85. The molecular weight excluding hydrogens is 239 g/mol. The molecule has 0 fully saturated rings. The Bertz CT molecular complexity index is 404. The molecule has 2 N–H and O–H groups in total. The van der Waals surface area contributed by atoms with Gasteiger partial charge in [-0.3, -0.25) is 4.79 Å². The third-order valence-corrected chi connectivity index (χ3v) is 2.65. The number of anilines is 1. The monoisotopic (exact) mass is 249 g/mol. The molecule has 0 heterocycles. The van der Waals surface area contributed by atoms with Crippen molar-refractivity contribution in [2.45, 2.75) is 23.7 Å². The molecule has 0 spiro atoms. The van der Waals surface area contributed by atoms with E-state index in [0.717, 1.165) is 0 Å². The molecule has 0 aromatic heterocycles. The van der Waals surface area contributed by atoms with Crippen LogP contribution < -0.4 is 5.73 Å². The lowest BCUT2D eigenvalue weighted by Gasteiger charge is -2.12. The number of ketones is 1. The summed E-state index contributed by atoms with van der Waals surface area (Å²) in [7, 11) is 0. The summed E-state index contributed by atoms with van der Waals surface area (Å²) in [5.74, 6) is -0.220. The molecule has 0 aliphatic heterocycles. The minimum Gasteiger partial charge on any atom is -0.398 e. The molecule has 1 aromatic rings. The van der Waals surface area contributed by atoms with Crippen molar-refractivity contribution in [2.24, 2.45) is 0 Å². The molecule has 0 bridgehead atoms. The maximum absolute atomic E-state index is 12.2. The van der Waals surface area contributed by atoms with Crippen molar-refractivity contribution in [3.05, 3.63) is 23.8 Å². The first-order valence-corrected chi connectivity index (χ1v) is 5.24. The molecule has 0 radical (unpaired) electrons. The summed E-state index contributed by atoms with van der Waals surface area (Å²) in [5.41, 5.74) is 1.64. The number of carbonyl (C=O) groups is 1. The highest BCUT2D eigenvalue weighted by Crippen LogP contribution is 2.40. The van der Waals surface area contributed by atoms with E-state index in [1.165, 1.54) is 25.1 Å². The van der Waals surface area contributed by atoms with E-state index in [-0.39, 0.29) is 40.1 Å². The number of alkyl halides is 3. The molecule has 2 nitrogen and oxygen atoms in total. The number of hydrogen-bond donors (Lipinski definition) is 1. The molecule has 88 valence electrons. The lowest BCUT2D eigenvalue weighted by atomic mass is 10.1. The number of benzene rings is 1. The lowest BCUT2D eigenvalue weighted by molar-refractivity contribution is -0.116. The molecule has 0 saturated carbocycles. The van der Waals surface area contributed by atoms with Crippen LogP contribution in [0, 0.1) is 0 Å². The molecule has 6 heteroatoms. The molecule has 0 unspecified atom stereocenters. The van der Waals surface area contributed by atoms with E-state index in [0.29, 0.717) is 0 Å². The van der Waals surface area contributed by atoms with Crippen molar-refractivity contribution in [2.75, 3.05) is 5.73 Å². The summed E-state index contributed by atoms with van der Waals surface area (Å²) < 4.78 is 36.7. The topological polar surface area (TPSA) is 43.1 Å². The molecule has 0 atom stereocenters. The van der Waals surface area contributed by atoms with Gasteiger partial charge in [0.1, 0.15) is 5.78 Å². The van der Waals surface area contributed by atoms with Crippen molar-refractivity contribution >= 4 is 23.2 Å². The second-order valence-corrected chi connectivity index (χ2v) is 4.36. The standard InChI is InChI=1S/C10H10F3NOS/c1-6(15)5-7-8(14)3-2-4-9(7)16-10(11,12)13/h2-4H,5,14H2,1H3. The average Bonchev–Trinajstić information content (AvgIpc) is 2.08. The van der Waals surface area contributed by atoms with Crippen LogP contribution in [0.4, 0.5) is 18.9 Å². The molecule has 0 aliphatic carbocycles. The highest BCUT2D eigenvalue weighted by molar-refractivity contribution is 8.00. The number of thioether (sulfide) groups is 1. The van der Waals surface area contributed by atoms with Crippen LogP contribution in [0.2, 0.25) is 0 Å². The molecule has 1 rings (SSSR count). The van der Waals surface area contributed by atoms with Gasteiger partial charge in [-0.2, -0.15) is 13.2 Å². The maximum Gasteiger partial charge on any atom is 0.446 e. The van der Waals surface area contributed by atoms with Gasteiger partial charge in [0.15, 0.2) is 0 Å². The Balaban J connectivity index is 3.07. The minimum atomic E-state index is -4.38. The Hall–Kier alpha value is -1.17. The first-order valence-electron chi connectivity index (χ1n) is 4.42. The Morgan fingerprint density at radius 3 is 2.56 bits per heavy atom.